The molecule has 182 valence electrons. The third kappa shape index (κ3) is 6.16. The molecule has 1 aliphatic carbocycles. The average molecular weight is 467 g/mol. The van der Waals surface area contributed by atoms with Crippen LogP contribution in [0.2, 0.25) is 0 Å². The van der Waals surface area contributed by atoms with Gasteiger partial charge in [0.05, 0.1) is 5.41 Å². The molecule has 0 heterocycles. The third-order valence-electron chi connectivity index (χ3n) is 6.31. The SMILES string of the molecule is CCCCC(CC(=O)NCC(C)(C)C(=O)O)NC(=O)OCC1c2ccccc2-c2ccccc21. The fourth-order valence-corrected chi connectivity index (χ4v) is 4.17. The maximum absolute atomic E-state index is 12.6. The van der Waals surface area contributed by atoms with E-state index < -0.39 is 17.5 Å². The van der Waals surface area contributed by atoms with Crippen LogP contribution < -0.4 is 10.6 Å². The molecule has 0 radical (unpaired) electrons. The summed E-state index contributed by atoms with van der Waals surface area (Å²) in [5, 5.41) is 14.7. The second kappa shape index (κ2) is 11.2. The maximum Gasteiger partial charge on any atom is 0.407 e. The number of hydrogen-bond donors (Lipinski definition) is 3. The van der Waals surface area contributed by atoms with Crippen molar-refractivity contribution >= 4 is 18.0 Å². The molecule has 2 aromatic rings. The first kappa shape index (κ1) is 25.3. The molecule has 0 aromatic heterocycles. The molecular formula is C27H34N2O5. The van der Waals surface area contributed by atoms with Crippen LogP contribution in [0.3, 0.4) is 0 Å². The summed E-state index contributed by atoms with van der Waals surface area (Å²) in [6.07, 6.45) is 1.93. The number of amides is 2. The first-order chi connectivity index (χ1) is 16.2. The molecule has 0 saturated heterocycles. The number of carboxylic acid groups (broad SMARTS) is 1. The number of carbonyl (C=O) groups excluding carboxylic acids is 2. The Kier molecular flexibility index (Phi) is 8.31. The van der Waals surface area contributed by atoms with Crippen LogP contribution in [-0.4, -0.2) is 42.3 Å². The highest BCUT2D eigenvalue weighted by Gasteiger charge is 2.30. The number of rotatable bonds is 11. The van der Waals surface area contributed by atoms with Crippen LogP contribution in [0.5, 0.6) is 0 Å². The highest BCUT2D eigenvalue weighted by Crippen LogP contribution is 2.44. The number of fused-ring (bicyclic) bond motifs is 3. The average Bonchev–Trinajstić information content (AvgIpc) is 3.13. The van der Waals surface area contributed by atoms with E-state index in [1.165, 1.54) is 0 Å². The van der Waals surface area contributed by atoms with Gasteiger partial charge in [-0.25, -0.2) is 4.79 Å². The van der Waals surface area contributed by atoms with Crippen molar-refractivity contribution in [2.45, 2.75) is 58.4 Å². The van der Waals surface area contributed by atoms with Crippen molar-refractivity contribution in [3.05, 3.63) is 59.7 Å². The van der Waals surface area contributed by atoms with E-state index in [1.54, 1.807) is 13.8 Å². The molecule has 1 unspecified atom stereocenters. The van der Waals surface area contributed by atoms with Crippen molar-refractivity contribution in [1.82, 2.24) is 10.6 Å². The van der Waals surface area contributed by atoms with Gasteiger partial charge in [0.15, 0.2) is 0 Å². The lowest BCUT2D eigenvalue weighted by atomic mass is 9.94. The van der Waals surface area contributed by atoms with Crippen LogP contribution in [0.4, 0.5) is 4.79 Å². The second-order valence-electron chi connectivity index (χ2n) is 9.48. The van der Waals surface area contributed by atoms with Gasteiger partial charge in [0.25, 0.3) is 0 Å². The Morgan fingerprint density at radius 1 is 1.03 bits per heavy atom. The molecular weight excluding hydrogens is 432 g/mol. The number of hydrogen-bond acceptors (Lipinski definition) is 4. The van der Waals surface area contributed by atoms with Crippen LogP contribution in [0, 0.1) is 5.41 Å². The number of benzene rings is 2. The van der Waals surface area contributed by atoms with Crippen LogP contribution in [-0.2, 0) is 14.3 Å². The van der Waals surface area contributed by atoms with Gasteiger partial charge in [-0.05, 0) is 42.5 Å². The molecule has 1 atom stereocenters. The third-order valence-corrected chi connectivity index (χ3v) is 6.31. The van der Waals surface area contributed by atoms with Crippen LogP contribution in [0.15, 0.2) is 48.5 Å². The van der Waals surface area contributed by atoms with E-state index in [4.69, 9.17) is 4.74 Å². The van der Waals surface area contributed by atoms with Gasteiger partial charge in [-0.2, -0.15) is 0 Å². The minimum absolute atomic E-state index is 0.0204. The molecule has 0 spiro atoms. The zero-order chi connectivity index (χ0) is 24.7. The lowest BCUT2D eigenvalue weighted by Gasteiger charge is -2.22. The zero-order valence-corrected chi connectivity index (χ0v) is 20.1. The van der Waals surface area contributed by atoms with Gasteiger partial charge in [-0.3, -0.25) is 9.59 Å². The minimum atomic E-state index is -1.06. The Morgan fingerprint density at radius 2 is 1.62 bits per heavy atom. The van der Waals surface area contributed by atoms with Crippen molar-refractivity contribution in [3.8, 4) is 11.1 Å². The number of carbonyl (C=O) groups is 3. The molecule has 0 fully saturated rings. The predicted molar refractivity (Wildman–Crippen MR) is 131 cm³/mol. The summed E-state index contributed by atoms with van der Waals surface area (Å²) in [5.74, 6) is -1.31. The Labute approximate surface area is 200 Å². The van der Waals surface area contributed by atoms with E-state index in [2.05, 4.69) is 34.9 Å². The van der Waals surface area contributed by atoms with E-state index in [0.717, 1.165) is 35.1 Å². The molecule has 1 aliphatic rings. The first-order valence-electron chi connectivity index (χ1n) is 11.8. The molecule has 0 aliphatic heterocycles. The van der Waals surface area contributed by atoms with Crippen molar-refractivity contribution in [2.24, 2.45) is 5.41 Å². The Hall–Kier alpha value is -3.35. The standard InChI is InChI=1S/C27H34N2O5/c1-4-5-10-18(15-24(30)28-17-27(2,3)25(31)32)29-26(33)34-16-23-21-13-8-6-11-19(21)20-12-7-9-14-22(20)23/h6-9,11-14,18,23H,4-5,10,15-17H2,1-3H3,(H,28,30)(H,29,33)(H,31,32). The second-order valence-corrected chi connectivity index (χ2v) is 9.48. The summed E-state index contributed by atoms with van der Waals surface area (Å²) >= 11 is 0. The van der Waals surface area contributed by atoms with Gasteiger partial charge in [0, 0.05) is 24.9 Å². The molecule has 2 aromatic carbocycles. The van der Waals surface area contributed by atoms with Crippen molar-refractivity contribution in [1.29, 1.82) is 0 Å². The summed E-state index contributed by atoms with van der Waals surface area (Å²) in [6.45, 7) is 5.38. The number of ether oxygens (including phenoxy) is 1. The van der Waals surface area contributed by atoms with Gasteiger partial charge >= 0.3 is 12.1 Å². The fourth-order valence-electron chi connectivity index (χ4n) is 4.17. The van der Waals surface area contributed by atoms with Crippen LogP contribution in [0.1, 0.15) is 63.5 Å². The van der Waals surface area contributed by atoms with E-state index in [1.807, 2.05) is 31.2 Å². The van der Waals surface area contributed by atoms with Crippen LogP contribution >= 0.6 is 0 Å². The van der Waals surface area contributed by atoms with Gasteiger partial charge in [0.2, 0.25) is 5.91 Å². The monoisotopic (exact) mass is 466 g/mol. The van der Waals surface area contributed by atoms with Crippen molar-refractivity contribution < 1.29 is 24.2 Å². The molecule has 7 heteroatoms. The number of alkyl carbamates (subject to hydrolysis) is 1. The molecule has 3 N–H and O–H groups in total. The molecule has 34 heavy (non-hydrogen) atoms. The number of carboxylic acids is 1. The Bertz CT molecular complexity index is 988. The Balaban J connectivity index is 1.58. The zero-order valence-electron chi connectivity index (χ0n) is 20.1. The largest absolute Gasteiger partial charge is 0.481 e. The summed E-state index contributed by atoms with van der Waals surface area (Å²) < 4.78 is 5.62. The van der Waals surface area contributed by atoms with E-state index in [0.29, 0.717) is 6.42 Å². The molecule has 0 bridgehead atoms. The summed E-state index contributed by atoms with van der Waals surface area (Å²) in [7, 11) is 0. The maximum atomic E-state index is 12.6. The van der Waals surface area contributed by atoms with Crippen molar-refractivity contribution in [2.75, 3.05) is 13.2 Å². The number of nitrogens with one attached hydrogen (secondary N) is 2. The van der Waals surface area contributed by atoms with Gasteiger partial charge in [-0.15, -0.1) is 0 Å². The van der Waals surface area contributed by atoms with E-state index >= 15 is 0 Å². The lowest BCUT2D eigenvalue weighted by molar-refractivity contribution is -0.146. The first-order valence-corrected chi connectivity index (χ1v) is 11.8. The van der Waals surface area contributed by atoms with Gasteiger partial charge in [0.1, 0.15) is 6.61 Å². The lowest BCUT2D eigenvalue weighted by Crippen LogP contribution is -2.43. The van der Waals surface area contributed by atoms with E-state index in [9.17, 15) is 19.5 Å². The van der Waals surface area contributed by atoms with Gasteiger partial charge < -0.3 is 20.5 Å². The fraction of sp³-hybridized carbons (Fsp3) is 0.444. The minimum Gasteiger partial charge on any atom is -0.481 e. The van der Waals surface area contributed by atoms with E-state index in [-0.39, 0.29) is 37.4 Å². The summed E-state index contributed by atoms with van der Waals surface area (Å²) in [5.41, 5.74) is 3.54. The molecule has 0 saturated carbocycles. The Morgan fingerprint density at radius 3 is 2.18 bits per heavy atom. The molecule has 2 amide bonds. The van der Waals surface area contributed by atoms with Crippen molar-refractivity contribution in [3.63, 3.8) is 0 Å². The molecule has 3 rings (SSSR count). The highest BCUT2D eigenvalue weighted by molar-refractivity contribution is 5.80. The number of aliphatic carboxylic acids is 1. The normalized spacial score (nSPS) is 13.5. The number of unbranched alkanes of at least 4 members (excludes halogenated alkanes) is 1. The predicted octanol–water partition coefficient (Wildman–Crippen LogP) is 4.70. The summed E-state index contributed by atoms with van der Waals surface area (Å²) in [4.78, 5) is 36.3. The quantitative estimate of drug-likeness (QED) is 0.445. The smallest absolute Gasteiger partial charge is 0.407 e. The van der Waals surface area contributed by atoms with Crippen LogP contribution in [0.25, 0.3) is 11.1 Å². The highest BCUT2D eigenvalue weighted by atomic mass is 16.5. The van der Waals surface area contributed by atoms with Gasteiger partial charge in [-0.1, -0.05) is 68.3 Å². The molecule has 7 nitrogen and oxygen atoms in total. The summed E-state index contributed by atoms with van der Waals surface area (Å²) in [6, 6.07) is 15.9. The topological polar surface area (TPSA) is 105 Å².